The highest BCUT2D eigenvalue weighted by Crippen LogP contribution is 2.00. The van der Waals surface area contributed by atoms with Gasteiger partial charge in [0, 0.05) is 18.6 Å². The van der Waals surface area contributed by atoms with Crippen molar-refractivity contribution in [3.8, 4) is 0 Å². The number of hydrogen-bond acceptors (Lipinski definition) is 2. The van der Waals surface area contributed by atoms with Gasteiger partial charge in [-0.15, -0.1) is 0 Å². The monoisotopic (exact) mass is 172 g/mol. The molecule has 0 unspecified atom stereocenters. The largest absolute Gasteiger partial charge is 0.493 e. The lowest BCUT2D eigenvalue weighted by Gasteiger charge is -2.04. The van der Waals surface area contributed by atoms with Gasteiger partial charge in [-0.05, 0) is 6.07 Å². The molecule has 1 aromatic rings. The van der Waals surface area contributed by atoms with Crippen LogP contribution in [-0.2, 0) is 4.65 Å². The maximum Gasteiger partial charge on any atom is 0.493 e. The SMILES string of the molecule is COB(O)c1ccc(F)cc1F. The number of rotatable bonds is 2. The molecule has 0 spiro atoms. The molecule has 0 saturated heterocycles. The smallest absolute Gasteiger partial charge is 0.423 e. The van der Waals surface area contributed by atoms with Crippen molar-refractivity contribution in [3.05, 3.63) is 29.8 Å². The first-order valence-electron chi connectivity index (χ1n) is 3.31. The predicted octanol–water partition coefficient (Wildman–Crippen LogP) is 0.299. The van der Waals surface area contributed by atoms with Gasteiger partial charge in [-0.3, -0.25) is 0 Å². The molecule has 0 radical (unpaired) electrons. The summed E-state index contributed by atoms with van der Waals surface area (Å²) < 4.78 is 29.6. The molecule has 0 bridgehead atoms. The standard InChI is InChI=1S/C7H7BF2O2/c1-12-8(11)6-3-2-5(9)4-7(6)10/h2-4,11H,1H3. The number of halogens is 2. The van der Waals surface area contributed by atoms with Crippen LogP contribution >= 0.6 is 0 Å². The third kappa shape index (κ3) is 1.81. The average molecular weight is 172 g/mol. The lowest BCUT2D eigenvalue weighted by Crippen LogP contribution is -2.34. The second-order valence-electron chi connectivity index (χ2n) is 2.25. The molecule has 0 amide bonds. The molecule has 1 aromatic carbocycles. The van der Waals surface area contributed by atoms with Crippen LogP contribution in [0.25, 0.3) is 0 Å². The molecule has 0 fully saturated rings. The van der Waals surface area contributed by atoms with Gasteiger partial charge in [0.25, 0.3) is 0 Å². The van der Waals surface area contributed by atoms with E-state index in [0.29, 0.717) is 6.07 Å². The van der Waals surface area contributed by atoms with Crippen molar-refractivity contribution in [3.63, 3.8) is 0 Å². The van der Waals surface area contributed by atoms with E-state index >= 15 is 0 Å². The maximum absolute atomic E-state index is 12.8. The summed E-state index contributed by atoms with van der Waals surface area (Å²) in [5.74, 6) is -1.50. The summed E-state index contributed by atoms with van der Waals surface area (Å²) in [6.45, 7) is 0. The molecule has 12 heavy (non-hydrogen) atoms. The van der Waals surface area contributed by atoms with E-state index in [1.54, 1.807) is 0 Å². The fourth-order valence-corrected chi connectivity index (χ4v) is 0.829. The summed E-state index contributed by atoms with van der Waals surface area (Å²) in [5.41, 5.74) is -0.0705. The van der Waals surface area contributed by atoms with E-state index in [0.717, 1.165) is 12.1 Å². The third-order valence-electron chi connectivity index (χ3n) is 1.45. The van der Waals surface area contributed by atoms with Crippen LogP contribution in [0.3, 0.4) is 0 Å². The summed E-state index contributed by atoms with van der Waals surface area (Å²) in [7, 11) is -0.112. The first kappa shape index (κ1) is 9.16. The second kappa shape index (κ2) is 3.64. The molecule has 0 aliphatic heterocycles. The van der Waals surface area contributed by atoms with Gasteiger partial charge in [-0.1, -0.05) is 6.07 Å². The van der Waals surface area contributed by atoms with Crippen LogP contribution in [-0.4, -0.2) is 19.3 Å². The Morgan fingerprint density at radius 2 is 2.08 bits per heavy atom. The molecule has 0 saturated carbocycles. The zero-order valence-electron chi connectivity index (χ0n) is 6.42. The predicted molar refractivity (Wildman–Crippen MR) is 41.0 cm³/mol. The van der Waals surface area contributed by atoms with Gasteiger partial charge >= 0.3 is 7.12 Å². The van der Waals surface area contributed by atoms with Gasteiger partial charge in [0.05, 0.1) is 0 Å². The van der Waals surface area contributed by atoms with Crippen LogP contribution < -0.4 is 5.46 Å². The van der Waals surface area contributed by atoms with Crippen LogP contribution in [0.15, 0.2) is 18.2 Å². The van der Waals surface area contributed by atoms with Crippen molar-refractivity contribution >= 4 is 12.6 Å². The van der Waals surface area contributed by atoms with Crippen molar-refractivity contribution in [1.29, 1.82) is 0 Å². The lowest BCUT2D eigenvalue weighted by molar-refractivity contribution is 0.340. The van der Waals surface area contributed by atoms with E-state index in [1.807, 2.05) is 0 Å². The number of hydrogen-bond donors (Lipinski definition) is 1. The fraction of sp³-hybridized carbons (Fsp3) is 0.143. The normalized spacial score (nSPS) is 10.0. The van der Waals surface area contributed by atoms with E-state index in [-0.39, 0.29) is 5.46 Å². The highest BCUT2D eigenvalue weighted by molar-refractivity contribution is 6.59. The first-order valence-corrected chi connectivity index (χ1v) is 3.31. The quantitative estimate of drug-likeness (QED) is 0.650. The van der Waals surface area contributed by atoms with Crippen molar-refractivity contribution in [2.24, 2.45) is 0 Å². The Morgan fingerprint density at radius 3 is 2.58 bits per heavy atom. The molecule has 5 heteroatoms. The van der Waals surface area contributed by atoms with E-state index in [1.165, 1.54) is 7.11 Å². The van der Waals surface area contributed by atoms with Gasteiger partial charge in [-0.2, -0.15) is 0 Å². The molecule has 0 aliphatic rings. The van der Waals surface area contributed by atoms with Gasteiger partial charge in [0.1, 0.15) is 11.6 Å². The molecule has 2 nitrogen and oxygen atoms in total. The first-order chi connectivity index (χ1) is 5.65. The topological polar surface area (TPSA) is 29.5 Å². The van der Waals surface area contributed by atoms with Crippen LogP contribution in [0.5, 0.6) is 0 Å². The van der Waals surface area contributed by atoms with E-state index in [9.17, 15) is 8.78 Å². The van der Waals surface area contributed by atoms with Crippen LogP contribution in [0.4, 0.5) is 8.78 Å². The van der Waals surface area contributed by atoms with Gasteiger partial charge < -0.3 is 9.68 Å². The Labute approximate surface area is 68.9 Å². The lowest BCUT2D eigenvalue weighted by atomic mass is 9.79. The zero-order valence-corrected chi connectivity index (χ0v) is 6.42. The maximum atomic E-state index is 12.8. The average Bonchev–Trinajstić information content (AvgIpc) is 2.03. The van der Waals surface area contributed by atoms with Gasteiger partial charge in [0.15, 0.2) is 0 Å². The van der Waals surface area contributed by atoms with Gasteiger partial charge in [0.2, 0.25) is 0 Å². The molecule has 1 N–H and O–H groups in total. The summed E-state index contributed by atoms with van der Waals surface area (Å²) in [4.78, 5) is 0. The molecule has 1 rings (SSSR count). The molecule has 64 valence electrons. The van der Waals surface area contributed by atoms with Gasteiger partial charge in [-0.25, -0.2) is 8.78 Å². The van der Waals surface area contributed by atoms with E-state index in [2.05, 4.69) is 4.65 Å². The Kier molecular flexibility index (Phi) is 2.78. The summed E-state index contributed by atoms with van der Waals surface area (Å²) >= 11 is 0. The van der Waals surface area contributed by atoms with Crippen molar-refractivity contribution in [2.75, 3.05) is 7.11 Å². The van der Waals surface area contributed by atoms with E-state index in [4.69, 9.17) is 5.02 Å². The second-order valence-corrected chi connectivity index (χ2v) is 2.25. The van der Waals surface area contributed by atoms with Crippen LogP contribution in [0.1, 0.15) is 0 Å². The van der Waals surface area contributed by atoms with Crippen molar-refractivity contribution in [1.82, 2.24) is 0 Å². The number of benzene rings is 1. The molecule has 0 aromatic heterocycles. The molecule has 0 atom stereocenters. The Hall–Kier alpha value is -0.935. The Balaban J connectivity index is 3.01. The summed E-state index contributed by atoms with van der Waals surface area (Å²) in [6, 6.07) is 2.89. The Morgan fingerprint density at radius 1 is 1.42 bits per heavy atom. The highest BCUT2D eigenvalue weighted by atomic mass is 19.1. The Bertz CT molecular complexity index is 280. The minimum absolute atomic E-state index is 0.0705. The van der Waals surface area contributed by atoms with E-state index < -0.39 is 18.8 Å². The van der Waals surface area contributed by atoms with Crippen LogP contribution in [0.2, 0.25) is 0 Å². The fourth-order valence-electron chi connectivity index (χ4n) is 0.829. The minimum atomic E-state index is -1.34. The molecular formula is C7H7BF2O2. The molecule has 0 heterocycles. The highest BCUT2D eigenvalue weighted by Gasteiger charge is 2.18. The van der Waals surface area contributed by atoms with Crippen molar-refractivity contribution in [2.45, 2.75) is 0 Å². The summed E-state index contributed by atoms with van der Waals surface area (Å²) in [5, 5.41) is 9.02. The zero-order chi connectivity index (χ0) is 9.14. The van der Waals surface area contributed by atoms with Crippen LogP contribution in [0, 0.1) is 11.6 Å². The third-order valence-corrected chi connectivity index (χ3v) is 1.45. The minimum Gasteiger partial charge on any atom is -0.423 e. The van der Waals surface area contributed by atoms with Crippen molar-refractivity contribution < 1.29 is 18.5 Å². The summed E-state index contributed by atoms with van der Waals surface area (Å²) in [6.07, 6.45) is 0. The molecular weight excluding hydrogens is 165 g/mol. The molecule has 0 aliphatic carbocycles.